The van der Waals surface area contributed by atoms with Crippen LogP contribution in [0.4, 0.5) is 17.2 Å². The minimum absolute atomic E-state index is 0.106. The number of benzene rings is 6. The molecular weight excluding hydrogens is 583 g/mol. The van der Waals surface area contributed by atoms with Crippen LogP contribution in [0, 0.1) is 41.5 Å². The number of anilines is 3. The van der Waals surface area contributed by atoms with E-state index >= 15 is 0 Å². The fourth-order valence-corrected chi connectivity index (χ4v) is 7.58. The molecule has 0 aliphatic rings. The molecule has 1 heterocycles. The van der Waals surface area contributed by atoms with Crippen LogP contribution < -0.4 is 4.90 Å². The Morgan fingerprint density at radius 2 is 1.10 bits per heavy atom. The molecule has 3 heteroatoms. The van der Waals surface area contributed by atoms with Crippen LogP contribution in [0.15, 0.2) is 134 Å². The third kappa shape index (κ3) is 5.89. The van der Waals surface area contributed by atoms with Gasteiger partial charge in [-0.1, -0.05) is 114 Å². The van der Waals surface area contributed by atoms with Crippen molar-refractivity contribution in [3.8, 4) is 11.4 Å². The van der Waals surface area contributed by atoms with Crippen molar-refractivity contribution < 1.29 is 0 Å². The third-order valence-corrected chi connectivity index (χ3v) is 9.45. The Hall–Kier alpha value is -5.54. The van der Waals surface area contributed by atoms with E-state index in [1.807, 2.05) is 30.5 Å². The predicted octanol–water partition coefficient (Wildman–Crippen LogP) is 11.8. The number of rotatable bonds is 7. The van der Waals surface area contributed by atoms with Crippen LogP contribution in [0.3, 0.4) is 0 Å². The lowest BCUT2D eigenvalue weighted by atomic mass is 9.77. The second-order valence-corrected chi connectivity index (χ2v) is 13.1. The van der Waals surface area contributed by atoms with E-state index in [0.717, 1.165) is 22.8 Å². The zero-order valence-corrected chi connectivity index (χ0v) is 28.6. The monoisotopic (exact) mass is 623 g/mol. The molecule has 0 atom stereocenters. The van der Waals surface area contributed by atoms with E-state index in [2.05, 4.69) is 155 Å². The Morgan fingerprint density at radius 1 is 0.542 bits per heavy atom. The van der Waals surface area contributed by atoms with Gasteiger partial charge in [0.1, 0.15) is 5.82 Å². The highest BCUT2D eigenvalue weighted by Crippen LogP contribution is 2.42. The highest BCUT2D eigenvalue weighted by Gasteiger charge is 2.25. The summed E-state index contributed by atoms with van der Waals surface area (Å²) in [6.45, 7) is 13.4. The fraction of sp³-hybridized carbons (Fsp3) is 0.156. The van der Waals surface area contributed by atoms with Crippen LogP contribution in [-0.4, -0.2) is 9.97 Å². The minimum atomic E-state index is 0.106. The number of nitrogens with zero attached hydrogens (tertiary/aromatic N) is 3. The summed E-state index contributed by atoms with van der Waals surface area (Å²) in [6, 6.07) is 45.6. The van der Waals surface area contributed by atoms with E-state index in [4.69, 9.17) is 4.98 Å². The molecule has 0 bridgehead atoms. The molecule has 0 fully saturated rings. The van der Waals surface area contributed by atoms with Crippen LogP contribution >= 0.6 is 0 Å². The molecule has 0 radical (unpaired) electrons. The SMILES string of the molecule is Cc1cc(C)c(C(c2ccc(N(c3ccnc(-c4ccccc4)n3)c3cccc4ccccc34)cc2)c2c(C)cc(C)cc2C)c(C)c1. The van der Waals surface area contributed by atoms with Gasteiger partial charge in [-0.2, -0.15) is 0 Å². The lowest BCUT2D eigenvalue weighted by Gasteiger charge is -2.29. The topological polar surface area (TPSA) is 29.0 Å². The normalized spacial score (nSPS) is 11.3. The predicted molar refractivity (Wildman–Crippen MR) is 202 cm³/mol. The molecule has 0 amide bonds. The molecule has 0 saturated heterocycles. The molecule has 0 saturated carbocycles. The number of hydrogen-bond acceptors (Lipinski definition) is 3. The Balaban J connectivity index is 1.42. The first-order chi connectivity index (χ1) is 23.3. The molecule has 0 aliphatic heterocycles. The zero-order valence-electron chi connectivity index (χ0n) is 28.6. The van der Waals surface area contributed by atoms with Crippen molar-refractivity contribution in [3.05, 3.63) is 184 Å². The zero-order chi connectivity index (χ0) is 33.4. The summed E-state index contributed by atoms with van der Waals surface area (Å²) in [5, 5.41) is 2.35. The van der Waals surface area contributed by atoms with Gasteiger partial charge in [-0.25, -0.2) is 9.97 Å². The second kappa shape index (κ2) is 12.9. The van der Waals surface area contributed by atoms with Crippen molar-refractivity contribution in [2.45, 2.75) is 47.5 Å². The fourth-order valence-electron chi connectivity index (χ4n) is 7.58. The maximum Gasteiger partial charge on any atom is 0.161 e. The van der Waals surface area contributed by atoms with Crippen LogP contribution in [0.2, 0.25) is 0 Å². The molecule has 0 N–H and O–H groups in total. The van der Waals surface area contributed by atoms with Crippen molar-refractivity contribution in [1.29, 1.82) is 0 Å². The number of fused-ring (bicyclic) bond motifs is 1. The van der Waals surface area contributed by atoms with Crippen molar-refractivity contribution in [1.82, 2.24) is 9.97 Å². The summed E-state index contributed by atoms with van der Waals surface area (Å²) in [6.07, 6.45) is 1.86. The van der Waals surface area contributed by atoms with E-state index < -0.39 is 0 Å². The van der Waals surface area contributed by atoms with Gasteiger partial charge in [-0.05, 0) is 110 Å². The minimum Gasteiger partial charge on any atom is -0.294 e. The molecular formula is C45H41N3. The number of hydrogen-bond donors (Lipinski definition) is 0. The average molecular weight is 624 g/mol. The molecule has 0 spiro atoms. The smallest absolute Gasteiger partial charge is 0.161 e. The summed E-state index contributed by atoms with van der Waals surface area (Å²) in [7, 11) is 0. The lowest BCUT2D eigenvalue weighted by Crippen LogP contribution is -2.14. The van der Waals surface area contributed by atoms with Gasteiger partial charge >= 0.3 is 0 Å². The second-order valence-electron chi connectivity index (χ2n) is 13.1. The van der Waals surface area contributed by atoms with Crippen molar-refractivity contribution in [2.24, 2.45) is 0 Å². The highest BCUT2D eigenvalue weighted by molar-refractivity contribution is 5.98. The van der Waals surface area contributed by atoms with Gasteiger partial charge in [0, 0.05) is 28.8 Å². The van der Waals surface area contributed by atoms with Gasteiger partial charge in [0.25, 0.3) is 0 Å². The van der Waals surface area contributed by atoms with E-state index in [1.165, 1.54) is 60.8 Å². The van der Waals surface area contributed by atoms with E-state index in [9.17, 15) is 0 Å². The molecule has 0 aliphatic carbocycles. The summed E-state index contributed by atoms with van der Waals surface area (Å²) in [4.78, 5) is 12.1. The van der Waals surface area contributed by atoms with Gasteiger partial charge in [-0.15, -0.1) is 0 Å². The largest absolute Gasteiger partial charge is 0.294 e. The maximum atomic E-state index is 5.13. The summed E-state index contributed by atoms with van der Waals surface area (Å²) < 4.78 is 0. The molecule has 1 aromatic heterocycles. The number of aryl methyl sites for hydroxylation is 6. The van der Waals surface area contributed by atoms with Crippen molar-refractivity contribution >= 4 is 28.0 Å². The first-order valence-corrected chi connectivity index (χ1v) is 16.7. The molecule has 3 nitrogen and oxygen atoms in total. The first-order valence-electron chi connectivity index (χ1n) is 16.7. The molecule has 0 unspecified atom stereocenters. The summed E-state index contributed by atoms with van der Waals surface area (Å²) >= 11 is 0. The van der Waals surface area contributed by atoms with Crippen LogP contribution in [-0.2, 0) is 0 Å². The van der Waals surface area contributed by atoms with E-state index in [0.29, 0.717) is 5.82 Å². The Kier molecular flexibility index (Phi) is 8.37. The molecule has 6 aromatic carbocycles. The van der Waals surface area contributed by atoms with Gasteiger partial charge in [0.15, 0.2) is 5.82 Å². The average Bonchev–Trinajstić information content (AvgIpc) is 3.08. The lowest BCUT2D eigenvalue weighted by molar-refractivity contribution is 0.919. The maximum absolute atomic E-state index is 5.13. The van der Waals surface area contributed by atoms with Gasteiger partial charge in [0.2, 0.25) is 0 Å². The summed E-state index contributed by atoms with van der Waals surface area (Å²) in [5.41, 5.74) is 15.1. The van der Waals surface area contributed by atoms with Crippen molar-refractivity contribution in [3.63, 3.8) is 0 Å². The van der Waals surface area contributed by atoms with Crippen molar-refractivity contribution in [2.75, 3.05) is 4.90 Å². The third-order valence-electron chi connectivity index (χ3n) is 9.45. The first kappa shape index (κ1) is 31.1. The van der Waals surface area contributed by atoms with Gasteiger partial charge in [0.05, 0.1) is 5.69 Å². The van der Waals surface area contributed by atoms with Crippen LogP contribution in [0.5, 0.6) is 0 Å². The quantitative estimate of drug-likeness (QED) is 0.165. The Bertz CT molecular complexity index is 2140. The van der Waals surface area contributed by atoms with Gasteiger partial charge < -0.3 is 0 Å². The van der Waals surface area contributed by atoms with Gasteiger partial charge in [-0.3, -0.25) is 4.90 Å². The van der Waals surface area contributed by atoms with Crippen LogP contribution in [0.25, 0.3) is 22.2 Å². The molecule has 7 rings (SSSR count). The Labute approximate surface area is 284 Å². The molecule has 48 heavy (non-hydrogen) atoms. The number of aromatic nitrogens is 2. The Morgan fingerprint density at radius 3 is 1.73 bits per heavy atom. The standard InChI is InChI=1S/C45H41N3/c1-29-25-31(3)42(32(4)26-29)44(43-33(5)27-30(2)28-34(43)6)36-19-21-38(22-20-36)48(40-18-12-16-35-13-10-11-17-39(35)40)41-23-24-46-45(47-41)37-14-8-7-9-15-37/h7-28,44H,1-6H3. The highest BCUT2D eigenvalue weighted by atomic mass is 15.2. The van der Waals surface area contributed by atoms with E-state index in [-0.39, 0.29) is 5.92 Å². The molecule has 7 aromatic rings. The summed E-state index contributed by atoms with van der Waals surface area (Å²) in [5.74, 6) is 1.63. The molecule has 236 valence electrons. The van der Waals surface area contributed by atoms with Crippen LogP contribution in [0.1, 0.15) is 56.0 Å². The van der Waals surface area contributed by atoms with E-state index in [1.54, 1.807) is 0 Å².